The maximum atomic E-state index is 11.0. The molecule has 0 amide bonds. The van der Waals surface area contributed by atoms with Crippen LogP contribution in [0, 0.1) is 10.1 Å². The number of halogens is 1. The number of benzene rings is 1. The molecule has 1 aromatic rings. The van der Waals surface area contributed by atoms with E-state index in [1.54, 1.807) is 12.1 Å². The molecule has 1 N–H and O–H groups in total. The van der Waals surface area contributed by atoms with Crippen LogP contribution >= 0.6 is 15.9 Å². The third-order valence-electron chi connectivity index (χ3n) is 2.87. The van der Waals surface area contributed by atoms with Crippen molar-refractivity contribution in [2.75, 3.05) is 18.0 Å². The van der Waals surface area contributed by atoms with Gasteiger partial charge in [0, 0.05) is 23.6 Å². The molecule has 17 heavy (non-hydrogen) atoms. The van der Waals surface area contributed by atoms with Crippen molar-refractivity contribution < 1.29 is 10.0 Å². The quantitative estimate of drug-likeness (QED) is 0.672. The summed E-state index contributed by atoms with van der Waals surface area (Å²) in [7, 11) is 0. The van der Waals surface area contributed by atoms with Gasteiger partial charge in [0.25, 0.3) is 5.69 Å². The van der Waals surface area contributed by atoms with E-state index in [-0.39, 0.29) is 10.6 Å². The third kappa shape index (κ3) is 2.76. The van der Waals surface area contributed by atoms with Crippen LogP contribution < -0.4 is 4.90 Å². The van der Waals surface area contributed by atoms with Gasteiger partial charge in [0.15, 0.2) is 0 Å². The number of nitro groups is 1. The summed E-state index contributed by atoms with van der Waals surface area (Å²) in [6.45, 7) is 1.21. The Hall–Kier alpha value is -1.14. The first-order valence-electron chi connectivity index (χ1n) is 5.45. The largest absolute Gasteiger partial charge is 0.391 e. The molecule has 1 fully saturated rings. The Bertz CT molecular complexity index is 439. The molecule has 1 aromatic carbocycles. The van der Waals surface area contributed by atoms with Crippen molar-refractivity contribution in [1.82, 2.24) is 0 Å². The zero-order chi connectivity index (χ0) is 12.4. The summed E-state index contributed by atoms with van der Waals surface area (Å²) in [4.78, 5) is 12.5. The van der Waals surface area contributed by atoms with Gasteiger partial charge in [-0.15, -0.1) is 0 Å². The van der Waals surface area contributed by atoms with E-state index in [1.807, 2.05) is 4.90 Å². The van der Waals surface area contributed by atoms with E-state index < -0.39 is 6.10 Å². The Balaban J connectivity index is 2.33. The molecule has 0 radical (unpaired) electrons. The van der Waals surface area contributed by atoms with Gasteiger partial charge in [-0.05, 0) is 25.0 Å². The summed E-state index contributed by atoms with van der Waals surface area (Å²) in [6, 6.07) is 5.00. The summed E-state index contributed by atoms with van der Waals surface area (Å²) in [5.74, 6) is 0. The van der Waals surface area contributed by atoms with Crippen molar-refractivity contribution in [3.63, 3.8) is 0 Å². The molecule has 0 saturated carbocycles. The first-order valence-corrected chi connectivity index (χ1v) is 6.24. The van der Waals surface area contributed by atoms with Gasteiger partial charge in [-0.1, -0.05) is 15.9 Å². The number of nitrogens with zero attached hydrogens (tertiary/aromatic N) is 2. The average Bonchev–Trinajstić information content (AvgIpc) is 2.28. The second kappa shape index (κ2) is 5.01. The molecule has 1 aliphatic heterocycles. The lowest BCUT2D eigenvalue weighted by Gasteiger charge is -2.31. The number of aliphatic hydroxyl groups is 1. The number of β-amino-alcohol motifs (C(OH)–C–C–N with tert-alkyl or cyclic N) is 1. The minimum atomic E-state index is -0.396. The molecule has 0 unspecified atom stereocenters. The van der Waals surface area contributed by atoms with Crippen LogP contribution in [0.5, 0.6) is 0 Å². The van der Waals surface area contributed by atoms with E-state index >= 15 is 0 Å². The highest BCUT2D eigenvalue weighted by molar-refractivity contribution is 9.10. The summed E-state index contributed by atoms with van der Waals surface area (Å²) in [5, 5.41) is 20.6. The Morgan fingerprint density at radius 2 is 2.29 bits per heavy atom. The third-order valence-corrected chi connectivity index (χ3v) is 3.36. The molecular weight excluding hydrogens is 288 g/mol. The monoisotopic (exact) mass is 300 g/mol. The minimum Gasteiger partial charge on any atom is -0.391 e. The first-order chi connectivity index (χ1) is 8.08. The van der Waals surface area contributed by atoms with Gasteiger partial charge < -0.3 is 10.0 Å². The molecule has 1 atom stereocenters. The molecule has 0 spiro atoms. The van der Waals surface area contributed by atoms with Crippen LogP contribution in [-0.2, 0) is 0 Å². The summed E-state index contributed by atoms with van der Waals surface area (Å²) in [6.07, 6.45) is 1.22. The molecule has 1 aliphatic rings. The SMILES string of the molecule is O=[N+]([O-])c1cc(Br)ccc1N1CCC[C@H](O)C1. The van der Waals surface area contributed by atoms with Crippen LogP contribution in [0.4, 0.5) is 11.4 Å². The molecule has 0 aromatic heterocycles. The molecule has 5 nitrogen and oxygen atoms in total. The van der Waals surface area contributed by atoms with Crippen LogP contribution in [0.25, 0.3) is 0 Å². The Kier molecular flexibility index (Phi) is 3.63. The predicted octanol–water partition coefficient (Wildman–Crippen LogP) is 2.32. The number of piperidine rings is 1. The summed E-state index contributed by atoms with van der Waals surface area (Å²) < 4.78 is 0.686. The fraction of sp³-hybridized carbons (Fsp3) is 0.455. The van der Waals surface area contributed by atoms with Crippen LogP contribution in [0.1, 0.15) is 12.8 Å². The number of rotatable bonds is 2. The van der Waals surface area contributed by atoms with Crippen molar-refractivity contribution in [3.8, 4) is 0 Å². The van der Waals surface area contributed by atoms with E-state index in [0.29, 0.717) is 16.7 Å². The van der Waals surface area contributed by atoms with Gasteiger partial charge in [0.1, 0.15) is 5.69 Å². The first kappa shape index (κ1) is 12.3. The lowest BCUT2D eigenvalue weighted by atomic mass is 10.1. The van der Waals surface area contributed by atoms with Gasteiger partial charge in [-0.3, -0.25) is 10.1 Å². The fourth-order valence-electron chi connectivity index (χ4n) is 2.08. The fourth-order valence-corrected chi connectivity index (χ4v) is 2.43. The lowest BCUT2D eigenvalue weighted by molar-refractivity contribution is -0.384. The van der Waals surface area contributed by atoms with Crippen LogP contribution in [0.2, 0.25) is 0 Å². The van der Waals surface area contributed by atoms with Gasteiger partial charge >= 0.3 is 0 Å². The van der Waals surface area contributed by atoms with E-state index in [1.165, 1.54) is 6.07 Å². The predicted molar refractivity (Wildman–Crippen MR) is 68.3 cm³/mol. The molecule has 0 aliphatic carbocycles. The number of hydrogen-bond donors (Lipinski definition) is 1. The Morgan fingerprint density at radius 1 is 1.53 bits per heavy atom. The zero-order valence-electron chi connectivity index (χ0n) is 9.17. The number of anilines is 1. The molecule has 6 heteroatoms. The average molecular weight is 301 g/mol. The van der Waals surface area contributed by atoms with Crippen molar-refractivity contribution in [1.29, 1.82) is 0 Å². The van der Waals surface area contributed by atoms with Gasteiger partial charge in [0.05, 0.1) is 11.0 Å². The lowest BCUT2D eigenvalue weighted by Crippen LogP contribution is -2.38. The van der Waals surface area contributed by atoms with Crippen molar-refractivity contribution in [2.45, 2.75) is 18.9 Å². The molecular formula is C11H13BrN2O3. The number of hydrogen-bond acceptors (Lipinski definition) is 4. The maximum absolute atomic E-state index is 11.0. The van der Waals surface area contributed by atoms with Gasteiger partial charge in [0.2, 0.25) is 0 Å². The van der Waals surface area contributed by atoms with Crippen molar-refractivity contribution in [3.05, 3.63) is 32.8 Å². The van der Waals surface area contributed by atoms with Crippen LogP contribution in [0.3, 0.4) is 0 Å². The maximum Gasteiger partial charge on any atom is 0.293 e. The van der Waals surface area contributed by atoms with Crippen molar-refractivity contribution >= 4 is 27.3 Å². The molecule has 0 bridgehead atoms. The van der Waals surface area contributed by atoms with Crippen LogP contribution in [-0.4, -0.2) is 29.2 Å². The molecule has 2 rings (SSSR count). The standard InChI is InChI=1S/C11H13BrN2O3/c12-8-3-4-10(11(6-8)14(16)17)13-5-1-2-9(15)7-13/h3-4,6,9,15H,1-2,5,7H2/t9-/m0/s1. The van der Waals surface area contributed by atoms with Gasteiger partial charge in [-0.25, -0.2) is 0 Å². The van der Waals surface area contributed by atoms with Crippen molar-refractivity contribution in [2.24, 2.45) is 0 Å². The summed E-state index contributed by atoms with van der Waals surface area (Å²) in [5.41, 5.74) is 0.658. The summed E-state index contributed by atoms with van der Waals surface area (Å²) >= 11 is 3.23. The highest BCUT2D eigenvalue weighted by Crippen LogP contribution is 2.32. The second-order valence-electron chi connectivity index (χ2n) is 4.13. The van der Waals surface area contributed by atoms with E-state index in [9.17, 15) is 15.2 Å². The Labute approximate surface area is 107 Å². The molecule has 1 heterocycles. The Morgan fingerprint density at radius 3 is 2.94 bits per heavy atom. The minimum absolute atomic E-state index is 0.0773. The molecule has 1 saturated heterocycles. The normalized spacial score (nSPS) is 20.4. The highest BCUT2D eigenvalue weighted by Gasteiger charge is 2.24. The smallest absolute Gasteiger partial charge is 0.293 e. The number of nitro benzene ring substituents is 1. The zero-order valence-corrected chi connectivity index (χ0v) is 10.8. The van der Waals surface area contributed by atoms with E-state index in [0.717, 1.165) is 19.4 Å². The second-order valence-corrected chi connectivity index (χ2v) is 5.05. The topological polar surface area (TPSA) is 66.6 Å². The van der Waals surface area contributed by atoms with E-state index in [2.05, 4.69) is 15.9 Å². The van der Waals surface area contributed by atoms with E-state index in [4.69, 9.17) is 0 Å². The van der Waals surface area contributed by atoms with Gasteiger partial charge in [-0.2, -0.15) is 0 Å². The highest BCUT2D eigenvalue weighted by atomic mass is 79.9. The molecule has 92 valence electrons. The number of aliphatic hydroxyl groups excluding tert-OH is 1. The van der Waals surface area contributed by atoms with Crippen LogP contribution in [0.15, 0.2) is 22.7 Å².